The summed E-state index contributed by atoms with van der Waals surface area (Å²) < 4.78 is 14.9. The van der Waals surface area contributed by atoms with E-state index in [4.69, 9.17) is 17.3 Å². The fourth-order valence-corrected chi connectivity index (χ4v) is 2.81. The van der Waals surface area contributed by atoms with Crippen LogP contribution in [0, 0.1) is 0 Å². The third kappa shape index (κ3) is 4.59. The summed E-state index contributed by atoms with van der Waals surface area (Å²) in [5.74, 6) is 0. The number of benzene rings is 1. The molecule has 114 valence electrons. The lowest BCUT2D eigenvalue weighted by Crippen LogP contribution is -2.49. The summed E-state index contributed by atoms with van der Waals surface area (Å²) in [7, 11) is 0. The van der Waals surface area contributed by atoms with E-state index in [9.17, 15) is 4.39 Å². The van der Waals surface area contributed by atoms with Gasteiger partial charge in [0.25, 0.3) is 0 Å². The highest BCUT2D eigenvalue weighted by molar-refractivity contribution is 6.30. The predicted molar refractivity (Wildman–Crippen MR) is 85.4 cm³/mol. The van der Waals surface area contributed by atoms with Gasteiger partial charge >= 0.3 is 0 Å². The summed E-state index contributed by atoms with van der Waals surface area (Å²) in [5.41, 5.74) is 5.30. The molecule has 0 spiro atoms. The lowest BCUT2D eigenvalue weighted by molar-refractivity contribution is 0.0484. The zero-order chi connectivity index (χ0) is 14.1. The smallest absolute Gasteiger partial charge is 0.138 e. The lowest BCUT2D eigenvalue weighted by atomic mass is 9.86. The summed E-state index contributed by atoms with van der Waals surface area (Å²) in [6.45, 7) is 6.32. The molecule has 1 heterocycles. The van der Waals surface area contributed by atoms with Crippen molar-refractivity contribution in [3.05, 3.63) is 34.9 Å². The first-order valence-electron chi connectivity index (χ1n) is 6.75. The van der Waals surface area contributed by atoms with E-state index in [1.54, 1.807) is 24.3 Å². The molecular formula is C15H23Cl2FN2. The van der Waals surface area contributed by atoms with Crippen LogP contribution in [0.5, 0.6) is 0 Å². The van der Waals surface area contributed by atoms with Crippen molar-refractivity contribution in [1.82, 2.24) is 4.90 Å². The molecule has 0 radical (unpaired) electrons. The molecule has 5 heteroatoms. The van der Waals surface area contributed by atoms with Crippen LogP contribution in [-0.4, -0.2) is 30.1 Å². The second-order valence-corrected chi connectivity index (χ2v) is 6.67. The molecule has 0 amide bonds. The molecule has 1 aliphatic rings. The van der Waals surface area contributed by atoms with Crippen molar-refractivity contribution in [2.75, 3.05) is 19.6 Å². The summed E-state index contributed by atoms with van der Waals surface area (Å²) in [6.07, 6.45) is 1.04. The molecule has 0 aromatic heterocycles. The Morgan fingerprint density at radius 1 is 1.25 bits per heavy atom. The maximum Gasteiger partial charge on any atom is 0.138 e. The molecular weight excluding hydrogens is 298 g/mol. The fraction of sp³-hybridized carbons (Fsp3) is 0.600. The minimum atomic E-state index is -1.22. The summed E-state index contributed by atoms with van der Waals surface area (Å²) in [4.78, 5) is 2.24. The van der Waals surface area contributed by atoms with Crippen molar-refractivity contribution in [3.63, 3.8) is 0 Å². The minimum Gasteiger partial charge on any atom is -0.324 e. The molecule has 0 atom stereocenters. The van der Waals surface area contributed by atoms with Gasteiger partial charge in [0.2, 0.25) is 0 Å². The number of hydrogen-bond acceptors (Lipinski definition) is 2. The number of alkyl halides is 1. The van der Waals surface area contributed by atoms with E-state index in [2.05, 4.69) is 4.90 Å². The SMILES string of the molecule is CC(C)(N)CN1CCC(F)(c2ccc(Cl)cc2)CC1.Cl. The molecule has 0 unspecified atom stereocenters. The number of hydrogen-bond donors (Lipinski definition) is 1. The van der Waals surface area contributed by atoms with Crippen LogP contribution in [0.3, 0.4) is 0 Å². The van der Waals surface area contributed by atoms with Crippen molar-refractivity contribution < 1.29 is 4.39 Å². The zero-order valence-corrected chi connectivity index (χ0v) is 13.6. The number of rotatable bonds is 3. The van der Waals surface area contributed by atoms with Gasteiger partial charge in [0, 0.05) is 30.2 Å². The van der Waals surface area contributed by atoms with Crippen molar-refractivity contribution in [1.29, 1.82) is 0 Å². The first-order valence-corrected chi connectivity index (χ1v) is 7.13. The highest BCUT2D eigenvalue weighted by Crippen LogP contribution is 2.37. The standard InChI is InChI=1S/C15H22ClFN2.ClH/c1-14(2,18)11-19-9-7-15(17,8-10-19)12-3-5-13(16)6-4-12;/h3-6H,7-11,18H2,1-2H3;1H. The number of nitrogens with two attached hydrogens (primary N) is 1. The highest BCUT2D eigenvalue weighted by atomic mass is 35.5. The molecule has 2 nitrogen and oxygen atoms in total. The van der Waals surface area contributed by atoms with Crippen LogP contribution in [0.1, 0.15) is 32.3 Å². The van der Waals surface area contributed by atoms with E-state index in [0.717, 1.165) is 25.2 Å². The third-order valence-electron chi connectivity index (χ3n) is 3.64. The Labute approximate surface area is 131 Å². The van der Waals surface area contributed by atoms with Crippen LogP contribution in [-0.2, 0) is 5.67 Å². The first kappa shape index (κ1) is 17.7. The number of nitrogens with zero attached hydrogens (tertiary/aromatic N) is 1. The molecule has 2 N–H and O–H groups in total. The van der Waals surface area contributed by atoms with Crippen molar-refractivity contribution in [2.45, 2.75) is 37.9 Å². The second-order valence-electron chi connectivity index (χ2n) is 6.24. The Morgan fingerprint density at radius 3 is 2.20 bits per heavy atom. The molecule has 1 fully saturated rings. The van der Waals surface area contributed by atoms with E-state index in [-0.39, 0.29) is 17.9 Å². The molecule has 0 saturated carbocycles. The van der Waals surface area contributed by atoms with Crippen LogP contribution < -0.4 is 5.73 Å². The Bertz CT molecular complexity index is 420. The van der Waals surface area contributed by atoms with E-state index in [1.165, 1.54) is 0 Å². The zero-order valence-electron chi connectivity index (χ0n) is 12.0. The predicted octanol–water partition coefficient (Wildman–Crippen LogP) is 3.76. The van der Waals surface area contributed by atoms with E-state index >= 15 is 0 Å². The molecule has 1 aliphatic heterocycles. The van der Waals surface area contributed by atoms with Gasteiger partial charge in [-0.2, -0.15) is 0 Å². The largest absolute Gasteiger partial charge is 0.324 e. The summed E-state index contributed by atoms with van der Waals surface area (Å²) in [6, 6.07) is 7.11. The van der Waals surface area contributed by atoms with E-state index < -0.39 is 5.67 Å². The minimum absolute atomic E-state index is 0. The molecule has 0 aliphatic carbocycles. The van der Waals surface area contributed by atoms with Crippen molar-refractivity contribution in [3.8, 4) is 0 Å². The third-order valence-corrected chi connectivity index (χ3v) is 3.89. The Morgan fingerprint density at radius 2 is 1.75 bits per heavy atom. The Balaban J connectivity index is 0.00000200. The Hall–Kier alpha value is -0.350. The maximum atomic E-state index is 14.9. The van der Waals surface area contributed by atoms with Crippen LogP contribution in [0.25, 0.3) is 0 Å². The lowest BCUT2D eigenvalue weighted by Gasteiger charge is -2.39. The molecule has 1 saturated heterocycles. The van der Waals surface area contributed by atoms with Gasteiger partial charge in [-0.15, -0.1) is 12.4 Å². The Kier molecular flexibility index (Phi) is 5.85. The van der Waals surface area contributed by atoms with Gasteiger partial charge in [-0.05, 0) is 44.4 Å². The topological polar surface area (TPSA) is 29.3 Å². The average molecular weight is 321 g/mol. The van der Waals surface area contributed by atoms with Gasteiger partial charge in [-0.3, -0.25) is 0 Å². The normalized spacial score (nSPS) is 19.4. The quantitative estimate of drug-likeness (QED) is 0.918. The second kappa shape index (κ2) is 6.61. The van der Waals surface area contributed by atoms with Gasteiger partial charge < -0.3 is 10.6 Å². The van der Waals surface area contributed by atoms with E-state index in [1.807, 2.05) is 13.8 Å². The van der Waals surface area contributed by atoms with Gasteiger partial charge in [-0.1, -0.05) is 23.7 Å². The molecule has 1 aromatic carbocycles. The molecule has 1 aromatic rings. The van der Waals surface area contributed by atoms with Crippen molar-refractivity contribution >= 4 is 24.0 Å². The van der Waals surface area contributed by atoms with Crippen molar-refractivity contribution in [2.24, 2.45) is 5.73 Å². The maximum absolute atomic E-state index is 14.9. The summed E-state index contributed by atoms with van der Waals surface area (Å²) in [5, 5.41) is 0.648. The van der Waals surface area contributed by atoms with Gasteiger partial charge in [0.15, 0.2) is 0 Å². The fourth-order valence-electron chi connectivity index (χ4n) is 2.68. The van der Waals surface area contributed by atoms with Gasteiger partial charge in [0.1, 0.15) is 5.67 Å². The first-order chi connectivity index (χ1) is 8.78. The van der Waals surface area contributed by atoms with Crippen LogP contribution in [0.15, 0.2) is 24.3 Å². The van der Waals surface area contributed by atoms with Gasteiger partial charge in [0.05, 0.1) is 0 Å². The average Bonchev–Trinajstić information content (AvgIpc) is 2.31. The number of likely N-dealkylation sites (tertiary alicyclic amines) is 1. The highest BCUT2D eigenvalue weighted by Gasteiger charge is 2.36. The molecule has 0 bridgehead atoms. The van der Waals surface area contributed by atoms with Crippen LogP contribution in [0.2, 0.25) is 5.02 Å². The van der Waals surface area contributed by atoms with Crippen LogP contribution in [0.4, 0.5) is 4.39 Å². The van der Waals surface area contributed by atoms with Gasteiger partial charge in [-0.25, -0.2) is 4.39 Å². The monoisotopic (exact) mass is 320 g/mol. The number of halogens is 3. The number of piperidine rings is 1. The van der Waals surface area contributed by atoms with E-state index in [0.29, 0.717) is 17.9 Å². The van der Waals surface area contributed by atoms with Crippen LogP contribution >= 0.6 is 24.0 Å². The molecule has 20 heavy (non-hydrogen) atoms. The molecule has 2 rings (SSSR count). The summed E-state index contributed by atoms with van der Waals surface area (Å²) >= 11 is 5.85.